The Morgan fingerprint density at radius 3 is 2.13 bits per heavy atom. The smallest absolute Gasteiger partial charge is 0.0141 e. The predicted octanol–water partition coefficient (Wildman–Crippen LogP) is 5.05. The summed E-state index contributed by atoms with van der Waals surface area (Å²) in [7, 11) is 0. The molecule has 0 fully saturated rings. The summed E-state index contributed by atoms with van der Waals surface area (Å²) in [5.41, 5.74) is 0. The highest BCUT2D eigenvalue weighted by atomic mass is 127. The summed E-state index contributed by atoms with van der Waals surface area (Å²) in [5, 5.41) is 0. The molecule has 0 atom stereocenters. The van der Waals surface area contributed by atoms with Crippen LogP contribution in [0.3, 0.4) is 0 Å². The molecule has 0 aliphatic carbocycles. The van der Waals surface area contributed by atoms with E-state index in [-0.39, 0.29) is 0 Å². The van der Waals surface area contributed by atoms with E-state index in [4.69, 9.17) is 0 Å². The molecule has 2 aromatic carbocycles. The Labute approximate surface area is 121 Å². The molecular formula is C12H8I2S. The van der Waals surface area contributed by atoms with Crippen molar-refractivity contribution < 1.29 is 0 Å². The third-order valence-corrected chi connectivity index (χ3v) is 4.23. The first-order chi connectivity index (χ1) is 7.24. The van der Waals surface area contributed by atoms with Crippen LogP contribution < -0.4 is 0 Å². The summed E-state index contributed by atoms with van der Waals surface area (Å²) in [6.45, 7) is 0. The normalized spacial score (nSPS) is 10.3. The maximum Gasteiger partial charge on any atom is 0.0141 e. The monoisotopic (exact) mass is 438 g/mol. The molecule has 3 heteroatoms. The zero-order chi connectivity index (χ0) is 10.7. The molecule has 0 aliphatic rings. The van der Waals surface area contributed by atoms with Gasteiger partial charge in [0.2, 0.25) is 0 Å². The van der Waals surface area contributed by atoms with Crippen LogP contribution in [0.2, 0.25) is 0 Å². The van der Waals surface area contributed by atoms with Crippen molar-refractivity contribution in [3.05, 3.63) is 55.7 Å². The van der Waals surface area contributed by atoms with Gasteiger partial charge in [-0.05, 0) is 87.6 Å². The number of hydrogen-bond acceptors (Lipinski definition) is 1. The van der Waals surface area contributed by atoms with Crippen LogP contribution in [0.15, 0.2) is 58.3 Å². The van der Waals surface area contributed by atoms with Crippen LogP contribution in [0.4, 0.5) is 0 Å². The molecule has 0 unspecified atom stereocenters. The molecule has 76 valence electrons. The summed E-state index contributed by atoms with van der Waals surface area (Å²) in [5.74, 6) is 0. The molecule has 0 bridgehead atoms. The number of halogens is 2. The van der Waals surface area contributed by atoms with Gasteiger partial charge in [-0.2, -0.15) is 0 Å². The Balaban J connectivity index is 2.18. The van der Waals surface area contributed by atoms with Crippen LogP contribution >= 0.6 is 56.9 Å². The van der Waals surface area contributed by atoms with Crippen molar-refractivity contribution in [1.29, 1.82) is 0 Å². The highest BCUT2D eigenvalue weighted by Gasteiger charge is 1.97. The van der Waals surface area contributed by atoms with Crippen molar-refractivity contribution in [3.63, 3.8) is 0 Å². The summed E-state index contributed by atoms with van der Waals surface area (Å²) in [6, 6.07) is 17.1. The van der Waals surface area contributed by atoms with Gasteiger partial charge in [-0.15, -0.1) is 0 Å². The van der Waals surface area contributed by atoms with E-state index in [1.807, 2.05) is 0 Å². The molecule has 2 aromatic rings. The second kappa shape index (κ2) is 5.54. The third kappa shape index (κ3) is 3.64. The quantitative estimate of drug-likeness (QED) is 0.592. The van der Waals surface area contributed by atoms with Crippen LogP contribution in [0.1, 0.15) is 0 Å². The first kappa shape index (κ1) is 11.7. The van der Waals surface area contributed by atoms with Crippen molar-refractivity contribution in [2.75, 3.05) is 0 Å². The van der Waals surface area contributed by atoms with Crippen LogP contribution in [0, 0.1) is 7.14 Å². The van der Waals surface area contributed by atoms with Gasteiger partial charge in [-0.1, -0.05) is 17.8 Å². The third-order valence-electron chi connectivity index (χ3n) is 1.85. The van der Waals surface area contributed by atoms with Crippen molar-refractivity contribution in [2.45, 2.75) is 9.79 Å². The van der Waals surface area contributed by atoms with Gasteiger partial charge in [0.15, 0.2) is 0 Å². The Kier molecular flexibility index (Phi) is 4.33. The average molecular weight is 438 g/mol. The van der Waals surface area contributed by atoms with E-state index in [1.165, 1.54) is 16.9 Å². The van der Waals surface area contributed by atoms with E-state index in [0.29, 0.717) is 0 Å². The maximum absolute atomic E-state index is 2.34. The van der Waals surface area contributed by atoms with Gasteiger partial charge in [0, 0.05) is 16.9 Å². The molecule has 0 saturated heterocycles. The fraction of sp³-hybridized carbons (Fsp3) is 0. The second-order valence-corrected chi connectivity index (χ2v) is 6.65. The first-order valence-electron chi connectivity index (χ1n) is 4.43. The van der Waals surface area contributed by atoms with Gasteiger partial charge in [0.05, 0.1) is 0 Å². The van der Waals surface area contributed by atoms with E-state index in [2.05, 4.69) is 93.7 Å². The average Bonchev–Trinajstić information content (AvgIpc) is 2.22. The van der Waals surface area contributed by atoms with Crippen molar-refractivity contribution in [1.82, 2.24) is 0 Å². The van der Waals surface area contributed by atoms with E-state index in [9.17, 15) is 0 Å². The van der Waals surface area contributed by atoms with E-state index < -0.39 is 0 Å². The Bertz CT molecular complexity index is 451. The van der Waals surface area contributed by atoms with Gasteiger partial charge < -0.3 is 0 Å². The van der Waals surface area contributed by atoms with Crippen LogP contribution in [-0.4, -0.2) is 0 Å². The first-order valence-corrected chi connectivity index (χ1v) is 7.40. The van der Waals surface area contributed by atoms with Crippen molar-refractivity contribution >= 4 is 56.9 Å². The lowest BCUT2D eigenvalue weighted by atomic mass is 10.4. The SMILES string of the molecule is Ic1ccc(Sc2cccc(I)c2)cc1. The molecule has 0 aromatic heterocycles. The molecule has 15 heavy (non-hydrogen) atoms. The fourth-order valence-corrected chi connectivity index (χ4v) is 3.16. The lowest BCUT2D eigenvalue weighted by Crippen LogP contribution is -1.76. The summed E-state index contributed by atoms with van der Waals surface area (Å²) in [6.07, 6.45) is 0. The van der Waals surface area contributed by atoms with Gasteiger partial charge in [0.25, 0.3) is 0 Å². The summed E-state index contributed by atoms with van der Waals surface area (Å²) < 4.78 is 2.56. The summed E-state index contributed by atoms with van der Waals surface area (Å²) in [4.78, 5) is 2.58. The fourth-order valence-electron chi connectivity index (χ4n) is 1.17. The highest BCUT2D eigenvalue weighted by molar-refractivity contribution is 14.1. The largest absolute Gasteiger partial charge is 0.0901 e. The Hall–Kier alpha value is 0.250. The minimum absolute atomic E-state index is 1.28. The number of benzene rings is 2. The van der Waals surface area contributed by atoms with Crippen LogP contribution in [0.25, 0.3) is 0 Å². The zero-order valence-electron chi connectivity index (χ0n) is 7.78. The minimum atomic E-state index is 1.28. The van der Waals surface area contributed by atoms with Crippen LogP contribution in [-0.2, 0) is 0 Å². The zero-order valence-corrected chi connectivity index (χ0v) is 12.9. The molecule has 0 saturated carbocycles. The molecule has 0 aliphatic heterocycles. The lowest BCUT2D eigenvalue weighted by Gasteiger charge is -2.02. The predicted molar refractivity (Wildman–Crippen MR) is 82.4 cm³/mol. The maximum atomic E-state index is 2.34. The topological polar surface area (TPSA) is 0 Å². The molecule has 0 heterocycles. The summed E-state index contributed by atoms with van der Waals surface area (Å²) >= 11 is 6.46. The molecule has 0 radical (unpaired) electrons. The van der Waals surface area contributed by atoms with Gasteiger partial charge >= 0.3 is 0 Å². The molecule has 0 N–H and O–H groups in total. The molecule has 0 nitrogen and oxygen atoms in total. The van der Waals surface area contributed by atoms with Crippen molar-refractivity contribution in [2.24, 2.45) is 0 Å². The Morgan fingerprint density at radius 2 is 1.47 bits per heavy atom. The molecule has 0 spiro atoms. The molecular weight excluding hydrogens is 430 g/mol. The van der Waals surface area contributed by atoms with Gasteiger partial charge in [0.1, 0.15) is 0 Å². The minimum Gasteiger partial charge on any atom is -0.0901 e. The highest BCUT2D eigenvalue weighted by Crippen LogP contribution is 2.28. The number of hydrogen-bond donors (Lipinski definition) is 0. The van der Waals surface area contributed by atoms with Crippen molar-refractivity contribution in [3.8, 4) is 0 Å². The number of rotatable bonds is 2. The van der Waals surface area contributed by atoms with Gasteiger partial charge in [-0.25, -0.2) is 0 Å². The second-order valence-electron chi connectivity index (χ2n) is 3.01. The van der Waals surface area contributed by atoms with Gasteiger partial charge in [-0.3, -0.25) is 0 Å². The molecule has 0 amide bonds. The van der Waals surface area contributed by atoms with Crippen LogP contribution in [0.5, 0.6) is 0 Å². The van der Waals surface area contributed by atoms with E-state index in [1.54, 1.807) is 11.8 Å². The standard InChI is InChI=1S/C12H8I2S/c13-9-4-6-11(7-5-9)15-12-3-1-2-10(14)8-12/h1-8H. The lowest BCUT2D eigenvalue weighted by molar-refractivity contribution is 1.38. The van der Waals surface area contributed by atoms with E-state index >= 15 is 0 Å². The Morgan fingerprint density at radius 1 is 0.733 bits per heavy atom. The van der Waals surface area contributed by atoms with E-state index in [0.717, 1.165) is 0 Å². The molecule has 2 rings (SSSR count).